The van der Waals surface area contributed by atoms with Gasteiger partial charge in [-0.05, 0) is 37.5 Å². The van der Waals surface area contributed by atoms with Crippen molar-refractivity contribution < 1.29 is 14.4 Å². The highest BCUT2D eigenvalue weighted by Crippen LogP contribution is 2.43. The van der Waals surface area contributed by atoms with Crippen molar-refractivity contribution in [3.05, 3.63) is 65.2 Å². The van der Waals surface area contributed by atoms with Gasteiger partial charge in [0.15, 0.2) is 5.78 Å². The summed E-state index contributed by atoms with van der Waals surface area (Å²) >= 11 is 0. The van der Waals surface area contributed by atoms with Crippen LogP contribution < -0.4 is 4.90 Å². The fraction of sp³-hybridized carbons (Fsp3) is 0.318. The third kappa shape index (κ3) is 3.07. The van der Waals surface area contributed by atoms with Crippen LogP contribution in [0.2, 0.25) is 0 Å². The Morgan fingerprint density at radius 1 is 1.04 bits per heavy atom. The topological polar surface area (TPSA) is 54.5 Å². The summed E-state index contributed by atoms with van der Waals surface area (Å²) in [6.45, 7) is 3.39. The smallest absolute Gasteiger partial charge is 0.237 e. The minimum Gasteiger partial charge on any atom is -0.314 e. The van der Waals surface area contributed by atoms with Gasteiger partial charge in [-0.15, -0.1) is 0 Å². The van der Waals surface area contributed by atoms with Gasteiger partial charge < -0.3 is 9.69 Å². The van der Waals surface area contributed by atoms with Crippen LogP contribution in [0.1, 0.15) is 48.2 Å². The number of ketones is 2. The number of fused-ring (bicyclic) bond motifs is 1. The number of para-hydroxylation sites is 1. The molecule has 1 amide bonds. The second-order valence-electron chi connectivity index (χ2n) is 7.17. The highest BCUT2D eigenvalue weighted by molar-refractivity contribution is 6.11. The van der Waals surface area contributed by atoms with Crippen molar-refractivity contribution in [3.63, 3.8) is 0 Å². The normalized spacial score (nSPS) is 18.7. The van der Waals surface area contributed by atoms with Crippen molar-refractivity contribution in [2.24, 2.45) is 0 Å². The monoisotopic (exact) mass is 349 g/mol. The Kier molecular flexibility index (Phi) is 4.77. The van der Waals surface area contributed by atoms with E-state index in [1.54, 1.807) is 24.9 Å². The zero-order chi connectivity index (χ0) is 18.9. The Hall–Kier alpha value is -2.75. The van der Waals surface area contributed by atoms with Gasteiger partial charge in [0.05, 0.1) is 5.41 Å². The van der Waals surface area contributed by atoms with Crippen LogP contribution in [-0.2, 0) is 21.4 Å². The third-order valence-corrected chi connectivity index (χ3v) is 5.21. The van der Waals surface area contributed by atoms with Gasteiger partial charge in [0.2, 0.25) is 5.91 Å². The molecule has 3 rings (SSSR count). The number of carbonyl (C=O) groups excluding carboxylic acids is 3. The molecule has 0 radical (unpaired) electrons. The summed E-state index contributed by atoms with van der Waals surface area (Å²) in [5.74, 6) is -0.0286. The van der Waals surface area contributed by atoms with Crippen molar-refractivity contribution in [3.8, 4) is 0 Å². The summed E-state index contributed by atoms with van der Waals surface area (Å²) in [5.41, 5.74) is 2.36. The molecule has 0 aliphatic carbocycles. The highest BCUT2D eigenvalue weighted by Gasteiger charge is 2.47. The van der Waals surface area contributed by atoms with Gasteiger partial charge in [0.1, 0.15) is 5.78 Å². The molecule has 4 heteroatoms. The van der Waals surface area contributed by atoms with Crippen LogP contribution >= 0.6 is 0 Å². The maximum absolute atomic E-state index is 13.1. The Morgan fingerprint density at radius 2 is 1.69 bits per heavy atom. The number of hydrogen-bond acceptors (Lipinski definition) is 3. The average molecular weight is 349 g/mol. The molecule has 0 N–H and O–H groups in total. The molecule has 26 heavy (non-hydrogen) atoms. The van der Waals surface area contributed by atoms with E-state index in [4.69, 9.17) is 0 Å². The molecule has 2 aromatic rings. The van der Waals surface area contributed by atoms with Crippen LogP contribution in [-0.4, -0.2) is 24.5 Å². The van der Waals surface area contributed by atoms with Crippen LogP contribution in [0.4, 0.5) is 5.69 Å². The first-order valence-electron chi connectivity index (χ1n) is 8.83. The molecule has 4 nitrogen and oxygen atoms in total. The maximum atomic E-state index is 13.1. The summed E-state index contributed by atoms with van der Waals surface area (Å²) < 4.78 is 0. The number of likely N-dealkylation sites (N-methyl/N-ethyl adjacent to an activating group) is 1. The molecule has 0 saturated carbocycles. The summed E-state index contributed by atoms with van der Waals surface area (Å²) in [6.07, 6.45) is 1.06. The third-order valence-electron chi connectivity index (χ3n) is 5.21. The molecule has 0 spiro atoms. The quantitative estimate of drug-likeness (QED) is 0.747. The van der Waals surface area contributed by atoms with Crippen molar-refractivity contribution in [1.29, 1.82) is 0 Å². The van der Waals surface area contributed by atoms with Crippen LogP contribution in [0, 0.1) is 0 Å². The molecule has 1 aliphatic rings. The van der Waals surface area contributed by atoms with Gasteiger partial charge in [0.25, 0.3) is 0 Å². The zero-order valence-electron chi connectivity index (χ0n) is 15.4. The Labute approximate surface area is 153 Å². The van der Waals surface area contributed by atoms with E-state index < -0.39 is 5.41 Å². The number of nitrogens with zero attached hydrogens (tertiary/aromatic N) is 1. The van der Waals surface area contributed by atoms with Crippen molar-refractivity contribution in [2.45, 2.75) is 38.5 Å². The summed E-state index contributed by atoms with van der Waals surface area (Å²) in [7, 11) is 1.75. The molecule has 1 heterocycles. The van der Waals surface area contributed by atoms with E-state index in [1.807, 2.05) is 49.4 Å². The van der Waals surface area contributed by atoms with Crippen molar-refractivity contribution in [1.82, 2.24) is 0 Å². The first kappa shape index (κ1) is 18.1. The number of carbonyl (C=O) groups is 3. The Morgan fingerprint density at radius 3 is 2.42 bits per heavy atom. The molecule has 0 saturated heterocycles. The number of Topliss-reactive ketones (excluding diaryl/α,β-unsaturated/α-hetero) is 2. The van der Waals surface area contributed by atoms with Crippen LogP contribution in [0.25, 0.3) is 0 Å². The minimum absolute atomic E-state index is 0.0618. The van der Waals surface area contributed by atoms with E-state index in [2.05, 4.69) is 0 Å². The van der Waals surface area contributed by atoms with E-state index in [-0.39, 0.29) is 23.9 Å². The van der Waals surface area contributed by atoms with Gasteiger partial charge in [-0.3, -0.25) is 9.59 Å². The second kappa shape index (κ2) is 6.87. The lowest BCUT2D eigenvalue weighted by Gasteiger charge is -2.23. The van der Waals surface area contributed by atoms with Gasteiger partial charge >= 0.3 is 0 Å². The first-order valence-corrected chi connectivity index (χ1v) is 8.83. The number of hydrogen-bond donors (Lipinski definition) is 0. The van der Waals surface area contributed by atoms with E-state index in [0.717, 1.165) is 16.8 Å². The van der Waals surface area contributed by atoms with Crippen molar-refractivity contribution in [2.75, 3.05) is 11.9 Å². The molecular formula is C22H23NO3. The molecule has 0 fully saturated rings. The Bertz CT molecular complexity index is 886. The van der Waals surface area contributed by atoms with Crippen LogP contribution in [0.15, 0.2) is 48.5 Å². The van der Waals surface area contributed by atoms with Gasteiger partial charge in [-0.1, -0.05) is 42.5 Å². The lowest BCUT2D eigenvalue weighted by molar-refractivity contribution is -0.122. The van der Waals surface area contributed by atoms with E-state index >= 15 is 0 Å². The standard InChI is InChI=1S/C22H23NO3/c1-15(24)12-13-16-8-4-5-9-17(16)20(25)14-22(2)18-10-6-7-11-19(18)23(3)21(22)26/h4-11H,12-14H2,1-3H3. The number of amides is 1. The molecule has 134 valence electrons. The predicted octanol–water partition coefficient (Wildman–Crippen LogP) is 3.72. The predicted molar refractivity (Wildman–Crippen MR) is 102 cm³/mol. The SMILES string of the molecule is CC(=O)CCc1ccccc1C(=O)CC1(C)C(=O)N(C)c2ccccc21. The van der Waals surface area contributed by atoms with Crippen LogP contribution in [0.3, 0.4) is 0 Å². The molecule has 1 aliphatic heterocycles. The summed E-state index contributed by atoms with van der Waals surface area (Å²) in [4.78, 5) is 38.9. The first-order chi connectivity index (χ1) is 12.3. The summed E-state index contributed by atoms with van der Waals surface area (Å²) in [6, 6.07) is 15.0. The average Bonchev–Trinajstić information content (AvgIpc) is 2.82. The summed E-state index contributed by atoms with van der Waals surface area (Å²) in [5, 5.41) is 0. The molecule has 1 unspecified atom stereocenters. The molecule has 1 atom stereocenters. The lowest BCUT2D eigenvalue weighted by atomic mass is 9.77. The number of aryl methyl sites for hydroxylation is 1. The minimum atomic E-state index is -0.865. The number of anilines is 1. The second-order valence-corrected chi connectivity index (χ2v) is 7.17. The van der Waals surface area contributed by atoms with E-state index in [0.29, 0.717) is 18.4 Å². The molecule has 2 aromatic carbocycles. The fourth-order valence-corrected chi connectivity index (χ4v) is 3.74. The largest absolute Gasteiger partial charge is 0.314 e. The van der Waals surface area contributed by atoms with Gasteiger partial charge in [-0.25, -0.2) is 0 Å². The number of rotatable bonds is 6. The maximum Gasteiger partial charge on any atom is 0.237 e. The van der Waals surface area contributed by atoms with Crippen molar-refractivity contribution >= 4 is 23.2 Å². The highest BCUT2D eigenvalue weighted by atomic mass is 16.2. The van der Waals surface area contributed by atoms with Gasteiger partial charge in [-0.2, -0.15) is 0 Å². The fourth-order valence-electron chi connectivity index (χ4n) is 3.74. The molecule has 0 bridgehead atoms. The molecule has 0 aromatic heterocycles. The Balaban J connectivity index is 1.91. The van der Waals surface area contributed by atoms with Gasteiger partial charge in [0, 0.05) is 31.1 Å². The van der Waals surface area contributed by atoms with E-state index in [1.165, 1.54) is 0 Å². The molecular weight excluding hydrogens is 326 g/mol. The zero-order valence-corrected chi connectivity index (χ0v) is 15.4. The number of benzene rings is 2. The lowest BCUT2D eigenvalue weighted by Crippen LogP contribution is -2.38. The van der Waals surface area contributed by atoms with E-state index in [9.17, 15) is 14.4 Å². The van der Waals surface area contributed by atoms with Crippen LogP contribution in [0.5, 0.6) is 0 Å².